The van der Waals surface area contributed by atoms with Crippen LogP contribution in [0.4, 0.5) is 0 Å². The van der Waals surface area contributed by atoms with Crippen molar-refractivity contribution in [3.63, 3.8) is 0 Å². The number of Topliss-reactive ketones (excluding diaryl/α,β-unsaturated/α-hetero) is 2. The molecule has 0 N–H and O–H groups in total. The molecule has 2 aromatic carbocycles. The summed E-state index contributed by atoms with van der Waals surface area (Å²) in [6, 6.07) is 11.4. The standard InChI is InChI=1S/C35H44N2O3/c1-5-19-36(20-6-2)23-11-9-13-32(38)28-15-17-34-30(25-28)27-31-26-29(16-18-35(31)40-34)33(39)14-10-12-24-37(21-7-3)22-8-4/h5-8,15-18,25-26H,1-4,9-14,19-24,27H2. The fraction of sp³-hybridized carbons (Fsp3) is 0.371. The molecule has 0 bridgehead atoms. The molecule has 1 aliphatic rings. The monoisotopic (exact) mass is 540 g/mol. The van der Waals surface area contributed by atoms with Crippen molar-refractivity contribution in [3.8, 4) is 11.5 Å². The zero-order valence-corrected chi connectivity index (χ0v) is 23.9. The molecule has 1 aliphatic heterocycles. The summed E-state index contributed by atoms with van der Waals surface area (Å²) in [6.07, 6.45) is 12.8. The van der Waals surface area contributed by atoms with Gasteiger partial charge in [-0.3, -0.25) is 19.4 Å². The minimum absolute atomic E-state index is 0.149. The van der Waals surface area contributed by atoms with Gasteiger partial charge in [0.15, 0.2) is 11.6 Å². The maximum absolute atomic E-state index is 12.9. The third kappa shape index (κ3) is 9.29. The van der Waals surface area contributed by atoms with Crippen molar-refractivity contribution >= 4 is 11.6 Å². The fourth-order valence-corrected chi connectivity index (χ4v) is 5.08. The highest BCUT2D eigenvalue weighted by Gasteiger charge is 2.20. The van der Waals surface area contributed by atoms with Crippen LogP contribution >= 0.6 is 0 Å². The fourth-order valence-electron chi connectivity index (χ4n) is 5.08. The van der Waals surface area contributed by atoms with Gasteiger partial charge in [0, 0.05) is 67.7 Å². The van der Waals surface area contributed by atoms with Gasteiger partial charge < -0.3 is 4.74 Å². The molecule has 0 aromatic heterocycles. The van der Waals surface area contributed by atoms with E-state index in [2.05, 4.69) is 36.1 Å². The minimum atomic E-state index is 0.149. The summed E-state index contributed by atoms with van der Waals surface area (Å²) in [5, 5.41) is 0. The summed E-state index contributed by atoms with van der Waals surface area (Å²) in [4.78, 5) is 30.3. The average Bonchev–Trinajstić information content (AvgIpc) is 2.96. The first-order valence-electron chi connectivity index (χ1n) is 14.4. The number of benzene rings is 2. The van der Waals surface area contributed by atoms with Gasteiger partial charge in [0.1, 0.15) is 11.5 Å². The normalized spacial score (nSPS) is 11.8. The Balaban J connectivity index is 1.53. The SMILES string of the molecule is C=CCN(CC=C)CCCCC(=O)c1ccc2c(c1)Cc1cc(C(=O)CCCCN(CC=C)CC=C)ccc1O2. The number of unbranched alkanes of at least 4 members (excludes halogenated alkanes) is 2. The number of ether oxygens (including phenoxy) is 1. The van der Waals surface area contributed by atoms with Gasteiger partial charge in [0.05, 0.1) is 0 Å². The van der Waals surface area contributed by atoms with Crippen LogP contribution in [0.2, 0.25) is 0 Å². The number of hydrogen-bond acceptors (Lipinski definition) is 5. The zero-order chi connectivity index (χ0) is 28.7. The Hall–Kier alpha value is -3.54. The van der Waals surface area contributed by atoms with Crippen LogP contribution in [0.3, 0.4) is 0 Å². The third-order valence-corrected chi connectivity index (χ3v) is 7.17. The molecule has 212 valence electrons. The molecular weight excluding hydrogens is 496 g/mol. The van der Waals surface area contributed by atoms with E-state index in [4.69, 9.17) is 4.74 Å². The Morgan fingerprint density at radius 1 is 0.650 bits per heavy atom. The number of nitrogens with zero attached hydrogens (tertiary/aromatic N) is 2. The number of hydrogen-bond donors (Lipinski definition) is 0. The van der Waals surface area contributed by atoms with Gasteiger partial charge in [-0.1, -0.05) is 24.3 Å². The van der Waals surface area contributed by atoms with Crippen LogP contribution in [-0.2, 0) is 6.42 Å². The van der Waals surface area contributed by atoms with Gasteiger partial charge in [-0.15, -0.1) is 26.3 Å². The summed E-state index contributed by atoms with van der Waals surface area (Å²) in [6.45, 7) is 20.4. The van der Waals surface area contributed by atoms with E-state index >= 15 is 0 Å². The molecule has 0 spiro atoms. The van der Waals surface area contributed by atoms with Crippen molar-refractivity contribution in [2.75, 3.05) is 39.3 Å². The quantitative estimate of drug-likeness (QED) is 0.0847. The maximum atomic E-state index is 12.9. The van der Waals surface area contributed by atoms with E-state index in [1.54, 1.807) is 0 Å². The first-order chi connectivity index (χ1) is 19.5. The minimum Gasteiger partial charge on any atom is -0.457 e. The molecule has 0 radical (unpaired) electrons. The van der Waals surface area contributed by atoms with Crippen molar-refractivity contribution < 1.29 is 14.3 Å². The molecular formula is C35H44N2O3. The predicted molar refractivity (Wildman–Crippen MR) is 166 cm³/mol. The molecule has 0 fully saturated rings. The van der Waals surface area contributed by atoms with E-state index in [-0.39, 0.29) is 11.6 Å². The molecule has 0 unspecified atom stereocenters. The Morgan fingerprint density at radius 3 is 1.43 bits per heavy atom. The summed E-state index contributed by atoms with van der Waals surface area (Å²) in [7, 11) is 0. The highest BCUT2D eigenvalue weighted by Crippen LogP contribution is 2.37. The van der Waals surface area contributed by atoms with Crippen molar-refractivity contribution in [1.82, 2.24) is 9.80 Å². The lowest BCUT2D eigenvalue weighted by Gasteiger charge is -2.21. The second kappa shape index (κ2) is 16.5. The molecule has 5 heteroatoms. The van der Waals surface area contributed by atoms with Crippen molar-refractivity contribution in [3.05, 3.63) is 109 Å². The Bertz CT molecular complexity index is 1090. The average molecular weight is 541 g/mol. The number of carbonyl (C=O) groups is 2. The van der Waals surface area contributed by atoms with Gasteiger partial charge in [0.25, 0.3) is 0 Å². The summed E-state index contributed by atoms with van der Waals surface area (Å²) in [5.74, 6) is 1.85. The van der Waals surface area contributed by atoms with E-state index in [9.17, 15) is 9.59 Å². The second-order valence-electron chi connectivity index (χ2n) is 10.4. The van der Waals surface area contributed by atoms with Crippen molar-refractivity contribution in [1.29, 1.82) is 0 Å². The molecule has 0 amide bonds. The van der Waals surface area contributed by atoms with Crippen molar-refractivity contribution in [2.24, 2.45) is 0 Å². The number of fused-ring (bicyclic) bond motifs is 2. The van der Waals surface area contributed by atoms with Crippen LogP contribution in [0, 0.1) is 0 Å². The van der Waals surface area contributed by atoms with Gasteiger partial charge in [-0.25, -0.2) is 0 Å². The molecule has 40 heavy (non-hydrogen) atoms. The molecule has 0 atom stereocenters. The van der Waals surface area contributed by atoms with Crippen LogP contribution in [0.1, 0.15) is 70.4 Å². The van der Waals surface area contributed by atoms with E-state index < -0.39 is 0 Å². The lowest BCUT2D eigenvalue weighted by atomic mass is 9.94. The first kappa shape index (κ1) is 31.0. The van der Waals surface area contributed by atoms with E-state index in [0.29, 0.717) is 30.4 Å². The second-order valence-corrected chi connectivity index (χ2v) is 10.4. The number of ketones is 2. The van der Waals surface area contributed by atoms with Gasteiger partial charge >= 0.3 is 0 Å². The van der Waals surface area contributed by atoms with Gasteiger partial charge in [-0.05, 0) is 75.2 Å². The predicted octanol–water partition coefficient (Wildman–Crippen LogP) is 7.44. The third-order valence-electron chi connectivity index (χ3n) is 7.17. The number of carbonyl (C=O) groups excluding carboxylic acids is 2. The lowest BCUT2D eigenvalue weighted by Crippen LogP contribution is -2.25. The van der Waals surface area contributed by atoms with Crippen LogP contribution in [-0.4, -0.2) is 60.6 Å². The van der Waals surface area contributed by atoms with Crippen LogP contribution in [0.25, 0.3) is 0 Å². The summed E-state index contributed by atoms with van der Waals surface area (Å²) < 4.78 is 6.12. The van der Waals surface area contributed by atoms with Crippen LogP contribution < -0.4 is 4.74 Å². The topological polar surface area (TPSA) is 49.9 Å². The first-order valence-corrected chi connectivity index (χ1v) is 14.4. The zero-order valence-electron chi connectivity index (χ0n) is 23.9. The van der Waals surface area contributed by atoms with Gasteiger partial charge in [0.2, 0.25) is 0 Å². The molecule has 0 aliphatic carbocycles. The van der Waals surface area contributed by atoms with Gasteiger partial charge in [-0.2, -0.15) is 0 Å². The molecule has 2 aromatic rings. The molecule has 3 rings (SSSR count). The molecule has 1 heterocycles. The van der Waals surface area contributed by atoms with Crippen LogP contribution in [0.15, 0.2) is 87.0 Å². The summed E-state index contributed by atoms with van der Waals surface area (Å²) in [5.41, 5.74) is 3.40. The van der Waals surface area contributed by atoms with E-state index in [0.717, 1.165) is 87.6 Å². The molecule has 5 nitrogen and oxygen atoms in total. The summed E-state index contributed by atoms with van der Waals surface area (Å²) >= 11 is 0. The Morgan fingerprint density at radius 2 is 1.05 bits per heavy atom. The highest BCUT2D eigenvalue weighted by atomic mass is 16.5. The Labute approximate surface area is 240 Å². The Kier molecular flexibility index (Phi) is 12.8. The maximum Gasteiger partial charge on any atom is 0.162 e. The number of rotatable bonds is 20. The van der Waals surface area contributed by atoms with E-state index in [1.807, 2.05) is 60.7 Å². The molecule has 0 saturated heterocycles. The lowest BCUT2D eigenvalue weighted by molar-refractivity contribution is 0.0970. The van der Waals surface area contributed by atoms with E-state index in [1.165, 1.54) is 0 Å². The molecule has 0 saturated carbocycles. The van der Waals surface area contributed by atoms with Crippen molar-refractivity contribution in [2.45, 2.75) is 44.9 Å². The van der Waals surface area contributed by atoms with Crippen LogP contribution in [0.5, 0.6) is 11.5 Å². The highest BCUT2D eigenvalue weighted by molar-refractivity contribution is 5.97. The smallest absolute Gasteiger partial charge is 0.162 e. The largest absolute Gasteiger partial charge is 0.457 e.